The van der Waals surface area contributed by atoms with Gasteiger partial charge >= 0.3 is 0 Å². The molecule has 2 aromatic rings. The van der Waals surface area contributed by atoms with Crippen LogP contribution in [0, 0.1) is 5.92 Å². The summed E-state index contributed by atoms with van der Waals surface area (Å²) in [5.74, 6) is 1.48. The summed E-state index contributed by atoms with van der Waals surface area (Å²) in [5, 5.41) is 9.35. The quantitative estimate of drug-likeness (QED) is 0.831. The van der Waals surface area contributed by atoms with E-state index >= 15 is 0 Å². The zero-order valence-electron chi connectivity index (χ0n) is 9.97. The smallest absolute Gasteiger partial charge is 0.269 e. The van der Waals surface area contributed by atoms with E-state index in [2.05, 4.69) is 25.1 Å². The maximum absolute atomic E-state index is 11.7. The molecule has 1 aliphatic rings. The second-order valence-electron chi connectivity index (χ2n) is 4.58. The van der Waals surface area contributed by atoms with Crippen LogP contribution < -0.4 is 5.32 Å². The molecule has 2 N–H and O–H groups in total. The third-order valence-electron chi connectivity index (χ3n) is 3.35. The standard InChI is InChI=1S/C12H15N5O/c18-12(10-1-3-15-16-10)14-8-9-2-5-17-6-4-13-11(17)7-9/h1,3-4,6,9H,2,5,7-8H2,(H,14,18)(H,15,16)/t9-/m0/s1. The van der Waals surface area contributed by atoms with Crippen LogP contribution in [0.5, 0.6) is 0 Å². The number of carbonyl (C=O) groups excluding carboxylic acids is 1. The molecule has 6 heteroatoms. The first-order valence-corrected chi connectivity index (χ1v) is 6.10. The Morgan fingerprint density at radius 2 is 2.50 bits per heavy atom. The van der Waals surface area contributed by atoms with Gasteiger partial charge in [0, 0.05) is 38.1 Å². The average molecular weight is 245 g/mol. The number of nitrogens with one attached hydrogen (secondary N) is 2. The lowest BCUT2D eigenvalue weighted by Crippen LogP contribution is -2.33. The maximum atomic E-state index is 11.7. The lowest BCUT2D eigenvalue weighted by atomic mass is 9.98. The minimum atomic E-state index is -0.0959. The summed E-state index contributed by atoms with van der Waals surface area (Å²) < 4.78 is 2.17. The van der Waals surface area contributed by atoms with Gasteiger partial charge in [-0.15, -0.1) is 0 Å². The van der Waals surface area contributed by atoms with Crippen molar-refractivity contribution in [1.29, 1.82) is 0 Å². The van der Waals surface area contributed by atoms with E-state index in [4.69, 9.17) is 0 Å². The Balaban J connectivity index is 1.54. The number of aromatic nitrogens is 4. The first kappa shape index (κ1) is 11.0. The fourth-order valence-electron chi connectivity index (χ4n) is 2.30. The van der Waals surface area contributed by atoms with Gasteiger partial charge in [-0.3, -0.25) is 9.89 Å². The third kappa shape index (κ3) is 2.13. The van der Waals surface area contributed by atoms with Crippen LogP contribution in [0.15, 0.2) is 24.7 Å². The molecule has 6 nitrogen and oxygen atoms in total. The molecule has 1 amide bonds. The summed E-state index contributed by atoms with van der Waals surface area (Å²) in [7, 11) is 0. The van der Waals surface area contributed by atoms with Crippen molar-refractivity contribution in [3.8, 4) is 0 Å². The number of nitrogens with zero attached hydrogens (tertiary/aromatic N) is 3. The van der Waals surface area contributed by atoms with Gasteiger partial charge in [-0.1, -0.05) is 0 Å². The van der Waals surface area contributed by atoms with E-state index < -0.39 is 0 Å². The van der Waals surface area contributed by atoms with Gasteiger partial charge in [0.25, 0.3) is 5.91 Å². The van der Waals surface area contributed by atoms with Crippen LogP contribution in [0.3, 0.4) is 0 Å². The van der Waals surface area contributed by atoms with Crippen molar-refractivity contribution in [3.05, 3.63) is 36.2 Å². The zero-order valence-corrected chi connectivity index (χ0v) is 9.97. The van der Waals surface area contributed by atoms with Gasteiger partial charge in [-0.25, -0.2) is 4.98 Å². The summed E-state index contributed by atoms with van der Waals surface area (Å²) in [6.45, 7) is 1.67. The van der Waals surface area contributed by atoms with E-state index in [1.807, 2.05) is 12.4 Å². The van der Waals surface area contributed by atoms with Crippen LogP contribution in [0.1, 0.15) is 22.7 Å². The number of imidazole rings is 1. The molecule has 1 aliphatic heterocycles. The molecule has 3 heterocycles. The van der Waals surface area contributed by atoms with E-state index in [1.165, 1.54) is 0 Å². The van der Waals surface area contributed by atoms with Crippen molar-refractivity contribution in [3.63, 3.8) is 0 Å². The molecule has 0 spiro atoms. The van der Waals surface area contributed by atoms with Crippen LogP contribution in [0.4, 0.5) is 0 Å². The molecular weight excluding hydrogens is 230 g/mol. The van der Waals surface area contributed by atoms with Crippen LogP contribution in [-0.2, 0) is 13.0 Å². The molecule has 3 rings (SSSR count). The van der Waals surface area contributed by atoms with Crippen molar-refractivity contribution in [2.75, 3.05) is 6.54 Å². The van der Waals surface area contributed by atoms with Gasteiger partial charge in [0.05, 0.1) is 0 Å². The van der Waals surface area contributed by atoms with Gasteiger partial charge in [-0.05, 0) is 18.4 Å². The van der Waals surface area contributed by atoms with Gasteiger partial charge in [0.1, 0.15) is 11.5 Å². The summed E-state index contributed by atoms with van der Waals surface area (Å²) in [4.78, 5) is 16.1. The molecule has 0 radical (unpaired) electrons. The highest BCUT2D eigenvalue weighted by Gasteiger charge is 2.19. The summed E-state index contributed by atoms with van der Waals surface area (Å²) in [5.41, 5.74) is 0.507. The van der Waals surface area contributed by atoms with Crippen molar-refractivity contribution in [2.45, 2.75) is 19.4 Å². The highest BCUT2D eigenvalue weighted by molar-refractivity contribution is 5.92. The average Bonchev–Trinajstić information content (AvgIpc) is 3.05. The van der Waals surface area contributed by atoms with Gasteiger partial charge < -0.3 is 9.88 Å². The van der Waals surface area contributed by atoms with E-state index in [1.54, 1.807) is 12.3 Å². The molecule has 0 saturated heterocycles. The third-order valence-corrected chi connectivity index (χ3v) is 3.35. The number of carbonyl (C=O) groups is 1. The number of rotatable bonds is 3. The second-order valence-corrected chi connectivity index (χ2v) is 4.58. The van der Waals surface area contributed by atoms with E-state index in [0.717, 1.165) is 25.2 Å². The van der Waals surface area contributed by atoms with Crippen LogP contribution in [0.2, 0.25) is 0 Å². The first-order chi connectivity index (χ1) is 8.83. The minimum absolute atomic E-state index is 0.0959. The predicted octanol–water partition coefficient (Wildman–Crippen LogP) is 0.599. The van der Waals surface area contributed by atoms with Crippen molar-refractivity contribution >= 4 is 5.91 Å². The molecule has 0 saturated carbocycles. The SMILES string of the molecule is O=C(NC[C@H]1CCn2ccnc2C1)c1ccn[nH]1. The number of hydrogen-bond acceptors (Lipinski definition) is 3. The lowest BCUT2D eigenvalue weighted by Gasteiger charge is -2.23. The largest absolute Gasteiger partial charge is 0.350 e. The van der Waals surface area contributed by atoms with Gasteiger partial charge in [0.2, 0.25) is 0 Å². The van der Waals surface area contributed by atoms with Crippen molar-refractivity contribution < 1.29 is 4.79 Å². The Morgan fingerprint density at radius 3 is 3.33 bits per heavy atom. The molecule has 0 aromatic carbocycles. The van der Waals surface area contributed by atoms with E-state index in [9.17, 15) is 4.79 Å². The number of H-pyrrole nitrogens is 1. The fraction of sp³-hybridized carbons (Fsp3) is 0.417. The summed E-state index contributed by atoms with van der Waals surface area (Å²) in [6.07, 6.45) is 7.42. The van der Waals surface area contributed by atoms with Gasteiger partial charge in [-0.2, -0.15) is 5.10 Å². The second kappa shape index (κ2) is 4.64. The number of fused-ring (bicyclic) bond motifs is 1. The van der Waals surface area contributed by atoms with Crippen LogP contribution >= 0.6 is 0 Å². The van der Waals surface area contributed by atoms with E-state index in [0.29, 0.717) is 18.2 Å². The highest BCUT2D eigenvalue weighted by atomic mass is 16.1. The Morgan fingerprint density at radius 1 is 1.56 bits per heavy atom. The Bertz CT molecular complexity index is 530. The van der Waals surface area contributed by atoms with Gasteiger partial charge in [0.15, 0.2) is 0 Å². The number of aryl methyl sites for hydroxylation is 1. The Labute approximate surface area is 104 Å². The molecule has 0 unspecified atom stereocenters. The molecule has 94 valence electrons. The fourth-order valence-corrected chi connectivity index (χ4v) is 2.30. The lowest BCUT2D eigenvalue weighted by molar-refractivity contribution is 0.0939. The van der Waals surface area contributed by atoms with Crippen LogP contribution in [-0.4, -0.2) is 32.2 Å². The highest BCUT2D eigenvalue weighted by Crippen LogP contribution is 2.18. The molecule has 1 atom stereocenters. The molecule has 0 bridgehead atoms. The minimum Gasteiger partial charge on any atom is -0.350 e. The molecule has 18 heavy (non-hydrogen) atoms. The number of amides is 1. The molecule has 0 aliphatic carbocycles. The van der Waals surface area contributed by atoms with Crippen molar-refractivity contribution in [1.82, 2.24) is 25.1 Å². The normalized spacial score (nSPS) is 18.3. The maximum Gasteiger partial charge on any atom is 0.269 e. The molecule has 2 aromatic heterocycles. The molecule has 0 fully saturated rings. The summed E-state index contributed by atoms with van der Waals surface area (Å²) in [6, 6.07) is 1.67. The zero-order chi connectivity index (χ0) is 12.4. The Hall–Kier alpha value is -2.11. The summed E-state index contributed by atoms with van der Waals surface area (Å²) >= 11 is 0. The Kier molecular flexibility index (Phi) is 2.84. The van der Waals surface area contributed by atoms with Crippen LogP contribution in [0.25, 0.3) is 0 Å². The monoisotopic (exact) mass is 245 g/mol. The number of aromatic amines is 1. The molecular formula is C12H15N5O. The van der Waals surface area contributed by atoms with Crippen molar-refractivity contribution in [2.24, 2.45) is 5.92 Å². The van der Waals surface area contributed by atoms with E-state index in [-0.39, 0.29) is 5.91 Å². The predicted molar refractivity (Wildman–Crippen MR) is 65.0 cm³/mol. The number of hydrogen-bond donors (Lipinski definition) is 2. The topological polar surface area (TPSA) is 75.6 Å². The first-order valence-electron chi connectivity index (χ1n) is 6.10.